The number of hydrogen-bond donors (Lipinski definition) is 2. The van der Waals surface area contributed by atoms with E-state index in [0.29, 0.717) is 28.8 Å². The minimum absolute atomic E-state index is 0.151. The molecule has 0 radical (unpaired) electrons. The van der Waals surface area contributed by atoms with Crippen molar-refractivity contribution in [2.45, 2.75) is 38.1 Å². The number of benzene rings is 1. The largest absolute Gasteiger partial charge is 0.461 e. The topological polar surface area (TPSA) is 71.3 Å². The molecule has 2 fully saturated rings. The van der Waals surface area contributed by atoms with Gasteiger partial charge in [-0.15, -0.1) is 0 Å². The van der Waals surface area contributed by atoms with Crippen molar-refractivity contribution in [3.05, 3.63) is 59.6 Å². The molecule has 134 valence electrons. The maximum Gasteiger partial charge on any atom is 0.253 e. The van der Waals surface area contributed by atoms with Crippen LogP contribution in [0, 0.1) is 5.92 Å². The monoisotopic (exact) mass is 350 g/mol. The third kappa shape index (κ3) is 3.87. The number of carbonyl (C=O) groups excluding carboxylic acids is 2. The fourth-order valence-electron chi connectivity index (χ4n) is 2.99. The van der Waals surface area contributed by atoms with E-state index in [-0.39, 0.29) is 17.9 Å². The second-order valence-electron chi connectivity index (χ2n) is 7.18. The van der Waals surface area contributed by atoms with Gasteiger partial charge in [0.2, 0.25) is 5.91 Å². The number of para-hydroxylation sites is 1. The molecule has 0 spiro atoms. The van der Waals surface area contributed by atoms with Crippen LogP contribution in [0.2, 0.25) is 0 Å². The number of nitrogens with one attached hydrogen (secondary N) is 2. The Labute approximate surface area is 152 Å². The quantitative estimate of drug-likeness (QED) is 0.775. The Morgan fingerprint density at radius 2 is 1.92 bits per heavy atom. The van der Waals surface area contributed by atoms with Gasteiger partial charge in [-0.3, -0.25) is 9.59 Å². The summed E-state index contributed by atoms with van der Waals surface area (Å²) >= 11 is 0. The molecule has 1 heterocycles. The van der Waals surface area contributed by atoms with Crippen molar-refractivity contribution in [2.75, 3.05) is 5.32 Å². The smallest absolute Gasteiger partial charge is 0.253 e. The van der Waals surface area contributed by atoms with Crippen LogP contribution in [-0.4, -0.2) is 17.9 Å². The first-order valence-electron chi connectivity index (χ1n) is 9.09. The molecule has 0 bridgehead atoms. The molecule has 2 aliphatic carbocycles. The lowest BCUT2D eigenvalue weighted by Crippen LogP contribution is -2.26. The SMILES string of the molecule is CC1CC1c1ccc(/C=C/C(=O)Nc2ccccc2C(=O)NC2CC2)o1. The van der Waals surface area contributed by atoms with Crippen LogP contribution < -0.4 is 10.6 Å². The maximum atomic E-state index is 12.3. The average Bonchev–Trinajstić information content (AvgIpc) is 3.53. The van der Waals surface area contributed by atoms with Crippen LogP contribution in [0.3, 0.4) is 0 Å². The van der Waals surface area contributed by atoms with Crippen molar-refractivity contribution in [1.29, 1.82) is 0 Å². The van der Waals surface area contributed by atoms with Gasteiger partial charge in [0.05, 0.1) is 11.3 Å². The minimum Gasteiger partial charge on any atom is -0.461 e. The number of anilines is 1. The zero-order valence-electron chi connectivity index (χ0n) is 14.7. The van der Waals surface area contributed by atoms with Crippen LogP contribution in [0.15, 0.2) is 46.9 Å². The van der Waals surface area contributed by atoms with Crippen LogP contribution in [0.1, 0.15) is 54.0 Å². The summed E-state index contributed by atoms with van der Waals surface area (Å²) in [6.07, 6.45) is 6.28. The summed E-state index contributed by atoms with van der Waals surface area (Å²) in [6.45, 7) is 2.20. The van der Waals surface area contributed by atoms with Crippen LogP contribution in [0.5, 0.6) is 0 Å². The highest BCUT2D eigenvalue weighted by Gasteiger charge is 2.36. The van der Waals surface area contributed by atoms with Crippen LogP contribution in [0.25, 0.3) is 6.08 Å². The number of furan rings is 1. The molecule has 2 aliphatic rings. The summed E-state index contributed by atoms with van der Waals surface area (Å²) in [5.41, 5.74) is 0.983. The van der Waals surface area contributed by atoms with Gasteiger partial charge in [-0.05, 0) is 55.5 Å². The van der Waals surface area contributed by atoms with Gasteiger partial charge in [0.1, 0.15) is 11.5 Å². The number of amides is 2. The van der Waals surface area contributed by atoms with Crippen molar-refractivity contribution in [3.63, 3.8) is 0 Å². The Kier molecular flexibility index (Phi) is 4.37. The van der Waals surface area contributed by atoms with Gasteiger partial charge >= 0.3 is 0 Å². The van der Waals surface area contributed by atoms with E-state index in [4.69, 9.17) is 4.42 Å². The van der Waals surface area contributed by atoms with E-state index >= 15 is 0 Å². The Bertz CT molecular complexity index is 864. The van der Waals surface area contributed by atoms with Gasteiger partial charge in [-0.1, -0.05) is 19.1 Å². The molecule has 2 N–H and O–H groups in total. The third-order valence-electron chi connectivity index (χ3n) is 4.86. The van der Waals surface area contributed by atoms with E-state index in [0.717, 1.165) is 25.0 Å². The van der Waals surface area contributed by atoms with Crippen molar-refractivity contribution < 1.29 is 14.0 Å². The summed E-state index contributed by atoms with van der Waals surface area (Å²) < 4.78 is 5.76. The number of carbonyl (C=O) groups is 2. The Balaban J connectivity index is 1.40. The zero-order valence-corrected chi connectivity index (χ0v) is 14.7. The van der Waals surface area contributed by atoms with Gasteiger partial charge in [-0.25, -0.2) is 0 Å². The first kappa shape index (κ1) is 16.6. The molecule has 2 saturated carbocycles. The molecule has 4 rings (SSSR count). The molecule has 1 aromatic heterocycles. The van der Waals surface area contributed by atoms with Gasteiger partial charge in [0.15, 0.2) is 0 Å². The third-order valence-corrected chi connectivity index (χ3v) is 4.86. The normalized spacial score (nSPS) is 21.6. The van der Waals surface area contributed by atoms with E-state index in [1.54, 1.807) is 30.3 Å². The highest BCUT2D eigenvalue weighted by atomic mass is 16.3. The average molecular weight is 350 g/mol. The lowest BCUT2D eigenvalue weighted by Gasteiger charge is -2.09. The molecule has 5 nitrogen and oxygen atoms in total. The van der Waals surface area contributed by atoms with Crippen molar-refractivity contribution in [1.82, 2.24) is 5.32 Å². The molecule has 2 amide bonds. The molecular weight excluding hydrogens is 328 g/mol. The standard InChI is InChI=1S/C21H22N2O3/c1-13-12-17(13)19-10-8-15(26-19)9-11-20(24)23-18-5-3-2-4-16(18)21(25)22-14-6-7-14/h2-5,8-11,13-14,17H,6-7,12H2,1H3,(H,22,25)(H,23,24)/b11-9+. The fourth-order valence-corrected chi connectivity index (χ4v) is 2.99. The fraction of sp³-hybridized carbons (Fsp3) is 0.333. The van der Waals surface area contributed by atoms with Gasteiger partial charge < -0.3 is 15.1 Å². The Hall–Kier alpha value is -2.82. The van der Waals surface area contributed by atoms with Crippen molar-refractivity contribution >= 4 is 23.6 Å². The predicted octanol–water partition coefficient (Wildman–Crippen LogP) is 3.95. The molecule has 0 saturated heterocycles. The maximum absolute atomic E-state index is 12.3. The van der Waals surface area contributed by atoms with E-state index in [9.17, 15) is 9.59 Å². The molecule has 5 heteroatoms. The summed E-state index contributed by atoms with van der Waals surface area (Å²) in [5, 5.41) is 5.72. The van der Waals surface area contributed by atoms with E-state index < -0.39 is 0 Å². The first-order chi connectivity index (χ1) is 12.6. The molecule has 2 unspecified atom stereocenters. The Morgan fingerprint density at radius 3 is 2.65 bits per heavy atom. The first-order valence-corrected chi connectivity index (χ1v) is 9.09. The Morgan fingerprint density at radius 1 is 1.15 bits per heavy atom. The number of hydrogen-bond acceptors (Lipinski definition) is 3. The van der Waals surface area contributed by atoms with Gasteiger partial charge in [0, 0.05) is 18.0 Å². The molecule has 1 aromatic carbocycles. The molecule has 26 heavy (non-hydrogen) atoms. The number of rotatable bonds is 6. The molecular formula is C21H22N2O3. The lowest BCUT2D eigenvalue weighted by molar-refractivity contribution is -0.111. The van der Waals surface area contributed by atoms with Crippen molar-refractivity contribution in [3.8, 4) is 0 Å². The van der Waals surface area contributed by atoms with Crippen molar-refractivity contribution in [2.24, 2.45) is 5.92 Å². The van der Waals surface area contributed by atoms with E-state index in [1.807, 2.05) is 12.1 Å². The highest BCUT2D eigenvalue weighted by Crippen LogP contribution is 2.47. The van der Waals surface area contributed by atoms with Gasteiger partial charge in [0.25, 0.3) is 5.91 Å². The molecule has 2 aromatic rings. The summed E-state index contributed by atoms with van der Waals surface area (Å²) in [6, 6.07) is 11.2. The minimum atomic E-state index is -0.297. The lowest BCUT2D eigenvalue weighted by atomic mass is 10.1. The van der Waals surface area contributed by atoms with Crippen LogP contribution in [-0.2, 0) is 4.79 Å². The second kappa shape index (κ2) is 6.83. The molecule has 2 atom stereocenters. The highest BCUT2D eigenvalue weighted by molar-refractivity contribution is 6.07. The van der Waals surface area contributed by atoms with E-state index in [1.165, 1.54) is 6.08 Å². The van der Waals surface area contributed by atoms with Crippen LogP contribution >= 0.6 is 0 Å². The van der Waals surface area contributed by atoms with Crippen LogP contribution in [0.4, 0.5) is 5.69 Å². The molecule has 0 aliphatic heterocycles. The summed E-state index contributed by atoms with van der Waals surface area (Å²) in [7, 11) is 0. The second-order valence-corrected chi connectivity index (χ2v) is 7.18. The zero-order chi connectivity index (χ0) is 18.1. The van der Waals surface area contributed by atoms with Gasteiger partial charge in [-0.2, -0.15) is 0 Å². The summed E-state index contributed by atoms with van der Waals surface area (Å²) in [4.78, 5) is 24.5. The predicted molar refractivity (Wildman–Crippen MR) is 99.8 cm³/mol. The summed E-state index contributed by atoms with van der Waals surface area (Å²) in [5.74, 6) is 2.40. The van der Waals surface area contributed by atoms with E-state index in [2.05, 4.69) is 17.6 Å².